The molecule has 0 spiro atoms. The fourth-order valence-electron chi connectivity index (χ4n) is 1.59. The Labute approximate surface area is 90.1 Å². The minimum atomic E-state index is 0.0485. The molecule has 1 aliphatic rings. The zero-order valence-electron chi connectivity index (χ0n) is 8.89. The first-order valence-corrected chi connectivity index (χ1v) is 5.33. The van der Waals surface area contributed by atoms with Gasteiger partial charge in [-0.2, -0.15) is 10.5 Å². The lowest BCUT2D eigenvalue weighted by molar-refractivity contribution is 0.104. The molecule has 3 heteroatoms. The molecule has 0 N–H and O–H groups in total. The molecule has 1 radical (unpaired) electrons. The number of hydrogen-bond donors (Lipinski definition) is 0. The maximum absolute atomic E-state index is 5.69. The Hall–Kier alpha value is -1.35. The number of benzene rings is 1. The van der Waals surface area contributed by atoms with Crippen molar-refractivity contribution in [3.05, 3.63) is 35.9 Å². The Kier molecular flexibility index (Phi) is 3.35. The third-order valence-corrected chi connectivity index (χ3v) is 2.32. The molecule has 0 aromatic heterocycles. The summed E-state index contributed by atoms with van der Waals surface area (Å²) in [4.78, 5) is 0. The average molecular weight is 203 g/mol. The van der Waals surface area contributed by atoms with Crippen LogP contribution in [0.5, 0.6) is 0 Å². The van der Waals surface area contributed by atoms with Gasteiger partial charge in [0.05, 0.1) is 6.54 Å². The van der Waals surface area contributed by atoms with Crippen LogP contribution in [0.1, 0.15) is 18.9 Å². The molecule has 1 heterocycles. The zero-order chi connectivity index (χ0) is 10.5. The molecule has 79 valence electrons. The standard InChI is InChI=1S/C12H15N2O/c1-2-8-15-11-9-13-14-12(11)10-6-4-3-5-7-10/h3-7,11H,2,8-9H2,1H3. The Balaban J connectivity index is 2.08. The van der Waals surface area contributed by atoms with Gasteiger partial charge in [0.2, 0.25) is 0 Å². The fraction of sp³-hybridized carbons (Fsp3) is 0.417. The van der Waals surface area contributed by atoms with E-state index in [-0.39, 0.29) is 6.10 Å². The number of rotatable bonds is 4. The summed E-state index contributed by atoms with van der Waals surface area (Å²) >= 11 is 0. The summed E-state index contributed by atoms with van der Waals surface area (Å²) in [7, 11) is 0. The molecule has 0 saturated carbocycles. The molecule has 15 heavy (non-hydrogen) atoms. The van der Waals surface area contributed by atoms with Gasteiger partial charge in [0.15, 0.2) is 0 Å². The van der Waals surface area contributed by atoms with Crippen LogP contribution in [0, 0.1) is 0 Å². The third-order valence-electron chi connectivity index (χ3n) is 2.32. The number of hydrogen-bond acceptors (Lipinski definition) is 2. The average Bonchev–Trinajstić information content (AvgIpc) is 2.75. The van der Waals surface area contributed by atoms with Crippen molar-refractivity contribution >= 4 is 5.71 Å². The van der Waals surface area contributed by atoms with E-state index in [9.17, 15) is 0 Å². The molecule has 1 aromatic carbocycles. The van der Waals surface area contributed by atoms with Gasteiger partial charge in [-0.15, -0.1) is 0 Å². The highest BCUT2D eigenvalue weighted by molar-refractivity contribution is 6.04. The summed E-state index contributed by atoms with van der Waals surface area (Å²) in [6.07, 6.45) is 1.07. The van der Waals surface area contributed by atoms with E-state index in [1.165, 1.54) is 0 Å². The monoisotopic (exact) mass is 203 g/mol. The second-order valence-electron chi connectivity index (χ2n) is 3.53. The van der Waals surface area contributed by atoms with Gasteiger partial charge in [0.1, 0.15) is 11.8 Å². The first-order valence-electron chi connectivity index (χ1n) is 5.33. The Morgan fingerprint density at radius 2 is 2.13 bits per heavy atom. The maximum Gasteiger partial charge on any atom is 0.123 e. The van der Waals surface area contributed by atoms with Crippen LogP contribution < -0.4 is 5.43 Å². The van der Waals surface area contributed by atoms with Crippen LogP contribution in [-0.2, 0) is 4.74 Å². The quantitative estimate of drug-likeness (QED) is 0.735. The largest absolute Gasteiger partial charge is 0.370 e. The van der Waals surface area contributed by atoms with Gasteiger partial charge < -0.3 is 4.74 Å². The van der Waals surface area contributed by atoms with E-state index < -0.39 is 0 Å². The summed E-state index contributed by atoms with van der Waals surface area (Å²) in [5.74, 6) is 0. The summed E-state index contributed by atoms with van der Waals surface area (Å²) < 4.78 is 5.69. The van der Waals surface area contributed by atoms with Crippen molar-refractivity contribution in [1.29, 1.82) is 0 Å². The van der Waals surface area contributed by atoms with E-state index in [2.05, 4.69) is 17.5 Å². The Morgan fingerprint density at radius 3 is 2.87 bits per heavy atom. The molecule has 2 rings (SSSR count). The lowest BCUT2D eigenvalue weighted by Crippen LogP contribution is -2.25. The molecule has 1 atom stereocenters. The van der Waals surface area contributed by atoms with Crippen molar-refractivity contribution < 1.29 is 4.74 Å². The smallest absolute Gasteiger partial charge is 0.123 e. The molecule has 3 nitrogen and oxygen atoms in total. The van der Waals surface area contributed by atoms with Crippen LogP contribution in [0.3, 0.4) is 0 Å². The number of ether oxygens (including phenoxy) is 1. The summed E-state index contributed by atoms with van der Waals surface area (Å²) in [5.41, 5.74) is 6.11. The minimum absolute atomic E-state index is 0.0485. The van der Waals surface area contributed by atoms with Crippen molar-refractivity contribution in [1.82, 2.24) is 5.43 Å². The summed E-state index contributed by atoms with van der Waals surface area (Å²) in [6.45, 7) is 3.53. The van der Waals surface area contributed by atoms with E-state index >= 15 is 0 Å². The Bertz CT molecular complexity index is 335. The zero-order valence-corrected chi connectivity index (χ0v) is 8.89. The molecule has 0 saturated heterocycles. The predicted molar refractivity (Wildman–Crippen MR) is 60.0 cm³/mol. The van der Waals surface area contributed by atoms with E-state index in [1.807, 2.05) is 30.3 Å². The SMILES string of the molecule is CCCOC1C[N]N=C1c1ccccc1. The van der Waals surface area contributed by atoms with Gasteiger partial charge in [-0.25, -0.2) is 0 Å². The van der Waals surface area contributed by atoms with Crippen molar-refractivity contribution in [2.45, 2.75) is 19.4 Å². The van der Waals surface area contributed by atoms with E-state index in [0.29, 0.717) is 6.54 Å². The van der Waals surface area contributed by atoms with E-state index in [4.69, 9.17) is 4.74 Å². The van der Waals surface area contributed by atoms with Crippen molar-refractivity contribution in [2.24, 2.45) is 5.10 Å². The van der Waals surface area contributed by atoms with Gasteiger partial charge in [-0.1, -0.05) is 37.3 Å². The molecule has 0 aliphatic carbocycles. The predicted octanol–water partition coefficient (Wildman–Crippen LogP) is 1.80. The maximum atomic E-state index is 5.69. The van der Waals surface area contributed by atoms with E-state index in [0.717, 1.165) is 24.3 Å². The number of nitrogens with zero attached hydrogens (tertiary/aromatic N) is 2. The highest BCUT2D eigenvalue weighted by Crippen LogP contribution is 2.12. The van der Waals surface area contributed by atoms with Gasteiger partial charge >= 0.3 is 0 Å². The molecule has 0 amide bonds. The minimum Gasteiger partial charge on any atom is -0.370 e. The van der Waals surface area contributed by atoms with Crippen molar-refractivity contribution in [3.63, 3.8) is 0 Å². The highest BCUT2D eigenvalue weighted by atomic mass is 16.5. The Morgan fingerprint density at radius 1 is 1.33 bits per heavy atom. The summed E-state index contributed by atoms with van der Waals surface area (Å²) in [6, 6.07) is 10.1. The van der Waals surface area contributed by atoms with Crippen molar-refractivity contribution in [3.8, 4) is 0 Å². The molecule has 1 aromatic rings. The van der Waals surface area contributed by atoms with Gasteiger partial charge in [-0.05, 0) is 6.42 Å². The lowest BCUT2D eigenvalue weighted by atomic mass is 10.1. The van der Waals surface area contributed by atoms with Crippen LogP contribution in [0.4, 0.5) is 0 Å². The fourth-order valence-corrected chi connectivity index (χ4v) is 1.59. The van der Waals surface area contributed by atoms with Gasteiger partial charge in [0.25, 0.3) is 0 Å². The van der Waals surface area contributed by atoms with Crippen LogP contribution in [0.15, 0.2) is 35.4 Å². The molecule has 1 unspecified atom stereocenters. The molecule has 0 fully saturated rings. The van der Waals surface area contributed by atoms with Gasteiger partial charge in [-0.3, -0.25) is 0 Å². The molecular formula is C12H15N2O. The summed E-state index contributed by atoms with van der Waals surface area (Å²) in [5, 5.41) is 4.16. The molecular weight excluding hydrogens is 188 g/mol. The van der Waals surface area contributed by atoms with Gasteiger partial charge in [0, 0.05) is 12.2 Å². The first-order chi connectivity index (χ1) is 7.42. The molecule has 1 aliphatic heterocycles. The van der Waals surface area contributed by atoms with Crippen LogP contribution in [0.25, 0.3) is 0 Å². The topological polar surface area (TPSA) is 35.7 Å². The second-order valence-corrected chi connectivity index (χ2v) is 3.53. The lowest BCUT2D eigenvalue weighted by Gasteiger charge is -2.11. The van der Waals surface area contributed by atoms with Crippen molar-refractivity contribution in [2.75, 3.05) is 13.2 Å². The van der Waals surface area contributed by atoms with Crippen LogP contribution >= 0.6 is 0 Å². The normalized spacial score (nSPS) is 19.8. The third kappa shape index (κ3) is 2.36. The van der Waals surface area contributed by atoms with E-state index in [1.54, 1.807) is 0 Å². The van der Waals surface area contributed by atoms with Crippen LogP contribution in [0.2, 0.25) is 0 Å². The van der Waals surface area contributed by atoms with Crippen LogP contribution in [-0.4, -0.2) is 25.0 Å². The first kappa shape index (κ1) is 10.2. The second kappa shape index (κ2) is 4.94. The highest BCUT2D eigenvalue weighted by Gasteiger charge is 2.23. The molecule has 0 bridgehead atoms.